The van der Waals surface area contributed by atoms with Crippen LogP contribution in [-0.2, 0) is 0 Å². The van der Waals surface area contributed by atoms with Crippen molar-refractivity contribution in [2.45, 2.75) is 19.8 Å². The Kier molecular flexibility index (Phi) is 5.89. The Morgan fingerprint density at radius 3 is 2.37 bits per heavy atom. The van der Waals surface area contributed by atoms with Gasteiger partial charge in [0.15, 0.2) is 0 Å². The lowest BCUT2D eigenvalue weighted by atomic mass is 10.0. The normalized spacial score (nSPS) is 10.3. The number of hydrazine groups is 1. The Balaban J connectivity index is 1.53. The molecule has 6 heteroatoms. The molecular formula is C21H22N4O2. The molecule has 0 aliphatic carbocycles. The van der Waals surface area contributed by atoms with Gasteiger partial charge >= 0.3 is 6.03 Å². The average molecular weight is 362 g/mol. The van der Waals surface area contributed by atoms with Gasteiger partial charge in [-0.05, 0) is 47.9 Å². The number of aromatic nitrogens is 1. The molecule has 0 radical (unpaired) electrons. The summed E-state index contributed by atoms with van der Waals surface area (Å²) < 4.78 is 5.74. The van der Waals surface area contributed by atoms with Crippen molar-refractivity contribution >= 4 is 17.4 Å². The number of hydrogen-bond donors (Lipinski definition) is 3. The highest BCUT2D eigenvalue weighted by Gasteiger charge is 2.04. The number of pyridine rings is 1. The number of nitrogens with one attached hydrogen (secondary N) is 3. The third kappa shape index (κ3) is 5.47. The Morgan fingerprint density at radius 2 is 1.67 bits per heavy atom. The van der Waals surface area contributed by atoms with Gasteiger partial charge in [0.1, 0.15) is 11.5 Å². The molecule has 0 aliphatic rings. The molecule has 0 saturated heterocycles. The smallest absolute Gasteiger partial charge is 0.337 e. The molecule has 0 bridgehead atoms. The van der Waals surface area contributed by atoms with Crippen LogP contribution in [0.2, 0.25) is 0 Å². The molecule has 6 nitrogen and oxygen atoms in total. The second-order valence-electron chi connectivity index (χ2n) is 6.29. The fraction of sp³-hybridized carbons (Fsp3) is 0.143. The highest BCUT2D eigenvalue weighted by atomic mass is 16.5. The van der Waals surface area contributed by atoms with Crippen LogP contribution in [0.5, 0.6) is 11.5 Å². The lowest BCUT2D eigenvalue weighted by molar-refractivity contribution is 0.254. The number of anilines is 2. The molecule has 0 fully saturated rings. The maximum Gasteiger partial charge on any atom is 0.337 e. The van der Waals surface area contributed by atoms with E-state index in [1.54, 1.807) is 30.6 Å². The van der Waals surface area contributed by atoms with Gasteiger partial charge in [-0.15, -0.1) is 0 Å². The zero-order valence-corrected chi connectivity index (χ0v) is 15.3. The molecule has 1 heterocycles. The Morgan fingerprint density at radius 1 is 0.926 bits per heavy atom. The van der Waals surface area contributed by atoms with Gasteiger partial charge in [-0.2, -0.15) is 0 Å². The van der Waals surface area contributed by atoms with Crippen LogP contribution in [0.15, 0.2) is 73.1 Å². The van der Waals surface area contributed by atoms with E-state index in [0.717, 1.165) is 5.69 Å². The minimum atomic E-state index is -0.354. The lowest BCUT2D eigenvalue weighted by Gasteiger charge is -2.12. The number of hydrogen-bond acceptors (Lipinski definition) is 4. The van der Waals surface area contributed by atoms with Crippen LogP contribution in [0.1, 0.15) is 25.3 Å². The number of amides is 2. The lowest BCUT2D eigenvalue weighted by Crippen LogP contribution is -2.33. The largest absolute Gasteiger partial charge is 0.457 e. The van der Waals surface area contributed by atoms with E-state index in [1.807, 2.05) is 42.5 Å². The third-order valence-electron chi connectivity index (χ3n) is 3.88. The fourth-order valence-electron chi connectivity index (χ4n) is 2.42. The van der Waals surface area contributed by atoms with Crippen molar-refractivity contribution in [3.8, 4) is 11.5 Å². The quantitative estimate of drug-likeness (QED) is 0.530. The second-order valence-corrected chi connectivity index (χ2v) is 6.29. The molecule has 1 aromatic heterocycles. The molecule has 3 N–H and O–H groups in total. The summed E-state index contributed by atoms with van der Waals surface area (Å²) in [6.45, 7) is 4.26. The topological polar surface area (TPSA) is 75.3 Å². The van der Waals surface area contributed by atoms with E-state index in [-0.39, 0.29) is 6.03 Å². The molecule has 138 valence electrons. The summed E-state index contributed by atoms with van der Waals surface area (Å²) in [7, 11) is 0. The molecule has 0 saturated carbocycles. The summed E-state index contributed by atoms with van der Waals surface area (Å²) in [6, 6.07) is 18.3. The van der Waals surface area contributed by atoms with Crippen LogP contribution < -0.4 is 20.9 Å². The second kappa shape index (κ2) is 8.71. The molecular weight excluding hydrogens is 340 g/mol. The summed E-state index contributed by atoms with van der Waals surface area (Å²) in [6.07, 6.45) is 3.33. The van der Waals surface area contributed by atoms with Crippen LogP contribution in [0.25, 0.3) is 0 Å². The van der Waals surface area contributed by atoms with Gasteiger partial charge in [-0.3, -0.25) is 15.8 Å². The van der Waals surface area contributed by atoms with Crippen LogP contribution in [0.4, 0.5) is 16.2 Å². The first-order valence-electron chi connectivity index (χ1n) is 8.71. The maximum absolute atomic E-state index is 12.1. The van der Waals surface area contributed by atoms with Crippen molar-refractivity contribution in [2.24, 2.45) is 0 Å². The number of carbonyl (C=O) groups excluding carboxylic acids is 1. The molecule has 3 rings (SSSR count). The number of nitrogens with zero attached hydrogens (tertiary/aromatic N) is 1. The molecule has 27 heavy (non-hydrogen) atoms. The summed E-state index contributed by atoms with van der Waals surface area (Å²) in [5, 5.41) is 2.78. The maximum atomic E-state index is 12.1. The van der Waals surface area contributed by atoms with Gasteiger partial charge in [0, 0.05) is 24.1 Å². The first-order chi connectivity index (χ1) is 13.1. The number of ether oxygens (including phenoxy) is 1. The Bertz CT molecular complexity index is 880. The monoisotopic (exact) mass is 362 g/mol. The molecule has 2 amide bonds. The number of benzene rings is 2. The van der Waals surface area contributed by atoms with E-state index in [2.05, 4.69) is 35.0 Å². The third-order valence-corrected chi connectivity index (χ3v) is 3.88. The van der Waals surface area contributed by atoms with Crippen molar-refractivity contribution in [1.29, 1.82) is 0 Å². The van der Waals surface area contributed by atoms with Crippen molar-refractivity contribution in [2.75, 3.05) is 10.7 Å². The van der Waals surface area contributed by atoms with E-state index < -0.39 is 0 Å². The molecule has 0 aliphatic heterocycles. The van der Waals surface area contributed by atoms with Crippen molar-refractivity contribution in [3.05, 3.63) is 78.6 Å². The van der Waals surface area contributed by atoms with Gasteiger partial charge in [0.05, 0.1) is 5.69 Å². The zero-order valence-electron chi connectivity index (χ0n) is 15.3. The molecule has 2 aromatic carbocycles. The summed E-state index contributed by atoms with van der Waals surface area (Å²) >= 11 is 0. The summed E-state index contributed by atoms with van der Waals surface area (Å²) in [4.78, 5) is 16.0. The van der Waals surface area contributed by atoms with E-state index in [9.17, 15) is 4.79 Å². The van der Waals surface area contributed by atoms with Crippen LogP contribution >= 0.6 is 0 Å². The summed E-state index contributed by atoms with van der Waals surface area (Å²) in [5.74, 6) is 1.80. The van der Waals surface area contributed by atoms with E-state index in [1.165, 1.54) is 5.56 Å². The van der Waals surface area contributed by atoms with Crippen LogP contribution in [0, 0.1) is 0 Å². The Labute approximate surface area is 158 Å². The Hall–Kier alpha value is -3.54. The van der Waals surface area contributed by atoms with E-state index in [0.29, 0.717) is 23.1 Å². The molecule has 3 aromatic rings. The zero-order chi connectivity index (χ0) is 19.1. The average Bonchev–Trinajstić information content (AvgIpc) is 2.68. The van der Waals surface area contributed by atoms with Crippen molar-refractivity contribution in [1.82, 2.24) is 10.4 Å². The number of carbonyl (C=O) groups is 1. The number of rotatable bonds is 6. The van der Waals surface area contributed by atoms with Gasteiger partial charge < -0.3 is 10.1 Å². The minimum absolute atomic E-state index is 0.354. The van der Waals surface area contributed by atoms with Crippen molar-refractivity contribution < 1.29 is 9.53 Å². The molecule has 0 atom stereocenters. The highest BCUT2D eigenvalue weighted by molar-refractivity contribution is 5.90. The predicted molar refractivity (Wildman–Crippen MR) is 107 cm³/mol. The van der Waals surface area contributed by atoms with E-state index in [4.69, 9.17) is 4.74 Å². The van der Waals surface area contributed by atoms with E-state index >= 15 is 0 Å². The number of urea groups is 1. The van der Waals surface area contributed by atoms with Gasteiger partial charge in [-0.1, -0.05) is 32.0 Å². The SMILES string of the molecule is CC(C)c1ccc(NC(=O)NNc2cccc(Oc3ccncc3)c2)cc1. The van der Waals surface area contributed by atoms with Gasteiger partial charge in [0.25, 0.3) is 0 Å². The molecule has 0 spiro atoms. The first kappa shape index (κ1) is 18.3. The first-order valence-corrected chi connectivity index (χ1v) is 8.71. The van der Waals surface area contributed by atoms with Crippen LogP contribution in [-0.4, -0.2) is 11.0 Å². The minimum Gasteiger partial charge on any atom is -0.457 e. The van der Waals surface area contributed by atoms with Crippen LogP contribution in [0.3, 0.4) is 0 Å². The summed E-state index contributed by atoms with van der Waals surface area (Å²) in [5.41, 5.74) is 8.13. The predicted octanol–water partition coefficient (Wildman–Crippen LogP) is 5.15. The molecule has 0 unspecified atom stereocenters. The van der Waals surface area contributed by atoms with Gasteiger partial charge in [-0.25, -0.2) is 4.79 Å². The standard InChI is InChI=1S/C21H22N4O2/c1-15(2)16-6-8-17(9-7-16)23-21(26)25-24-18-4-3-5-20(14-18)27-19-10-12-22-13-11-19/h3-15,24H,1-2H3,(H2,23,25,26). The van der Waals surface area contributed by atoms with Crippen molar-refractivity contribution in [3.63, 3.8) is 0 Å². The fourth-order valence-corrected chi connectivity index (χ4v) is 2.42. The highest BCUT2D eigenvalue weighted by Crippen LogP contribution is 2.23. The van der Waals surface area contributed by atoms with Gasteiger partial charge in [0.2, 0.25) is 0 Å².